The maximum Gasteiger partial charge on any atom is 0.174 e. The number of hydrogen-bond donors (Lipinski definition) is 1. The van der Waals surface area contributed by atoms with Crippen LogP contribution in [0.1, 0.15) is 64.7 Å². The van der Waals surface area contributed by atoms with Crippen molar-refractivity contribution in [2.24, 2.45) is 22.2 Å². The highest BCUT2D eigenvalue weighted by molar-refractivity contribution is 5.44. The van der Waals surface area contributed by atoms with Crippen LogP contribution < -0.4 is 0 Å². The Kier molecular flexibility index (Phi) is 2.75. The van der Waals surface area contributed by atoms with E-state index in [9.17, 15) is 5.11 Å². The zero-order valence-corrected chi connectivity index (χ0v) is 17.3. The smallest absolute Gasteiger partial charge is 0.174 e. The minimum absolute atomic E-state index is 0.0766. The summed E-state index contributed by atoms with van der Waals surface area (Å²) in [7, 11) is 0. The highest BCUT2D eigenvalue weighted by Gasteiger charge is 2.98. The molecule has 0 radical (unpaired) electrons. The summed E-state index contributed by atoms with van der Waals surface area (Å²) in [5.74, 6) is -0.582. The molecule has 4 saturated heterocycles. The molecule has 7 atom stereocenters. The Bertz CT molecular complexity index is 803. The van der Waals surface area contributed by atoms with E-state index in [1.807, 2.05) is 0 Å². The van der Waals surface area contributed by atoms with Crippen molar-refractivity contribution in [1.82, 2.24) is 0 Å². The van der Waals surface area contributed by atoms with E-state index in [-0.39, 0.29) is 33.6 Å². The van der Waals surface area contributed by atoms with Crippen LogP contribution >= 0.6 is 0 Å². The van der Waals surface area contributed by atoms with E-state index >= 15 is 0 Å². The van der Waals surface area contributed by atoms with E-state index in [2.05, 4.69) is 6.92 Å². The molecular formula is C23H32O6. The average Bonchev–Trinajstić information content (AvgIpc) is 3.23. The Hall–Kier alpha value is -0.240. The van der Waals surface area contributed by atoms with Gasteiger partial charge in [0.1, 0.15) is 0 Å². The molecule has 6 heteroatoms. The van der Waals surface area contributed by atoms with Gasteiger partial charge in [0.25, 0.3) is 0 Å². The summed E-state index contributed by atoms with van der Waals surface area (Å²) in [6.07, 6.45) is 8.56. The summed E-state index contributed by atoms with van der Waals surface area (Å²) in [6.45, 7) is 5.04. The van der Waals surface area contributed by atoms with Crippen LogP contribution in [0.4, 0.5) is 0 Å². The fraction of sp³-hybridized carbons (Fsp3) is 1.00. The summed E-state index contributed by atoms with van der Waals surface area (Å²) >= 11 is 0. The van der Waals surface area contributed by atoms with Crippen LogP contribution in [0.15, 0.2) is 0 Å². The zero-order valence-electron chi connectivity index (χ0n) is 17.3. The van der Waals surface area contributed by atoms with Gasteiger partial charge < -0.3 is 28.8 Å². The third kappa shape index (κ3) is 1.45. The van der Waals surface area contributed by atoms with Gasteiger partial charge in [-0.15, -0.1) is 0 Å². The minimum atomic E-state index is -0.525. The second kappa shape index (κ2) is 4.60. The van der Waals surface area contributed by atoms with Gasteiger partial charge in [0.05, 0.1) is 43.7 Å². The Balaban J connectivity index is 1.27. The monoisotopic (exact) mass is 404 g/mol. The lowest BCUT2D eigenvalue weighted by Crippen LogP contribution is -2.64. The average molecular weight is 405 g/mol. The van der Waals surface area contributed by atoms with Crippen LogP contribution in [0.5, 0.6) is 0 Å². The van der Waals surface area contributed by atoms with E-state index in [0.717, 1.165) is 57.8 Å². The Morgan fingerprint density at radius 2 is 1.59 bits per heavy atom. The van der Waals surface area contributed by atoms with Gasteiger partial charge in [-0.3, -0.25) is 0 Å². The van der Waals surface area contributed by atoms with E-state index in [0.29, 0.717) is 32.3 Å². The molecule has 2 unspecified atom stereocenters. The molecular weight excluding hydrogens is 372 g/mol. The van der Waals surface area contributed by atoms with Crippen LogP contribution in [-0.2, 0) is 23.7 Å². The first-order chi connectivity index (χ1) is 13.9. The van der Waals surface area contributed by atoms with E-state index in [4.69, 9.17) is 23.7 Å². The predicted molar refractivity (Wildman–Crippen MR) is 99.8 cm³/mol. The maximum atomic E-state index is 11.8. The summed E-state index contributed by atoms with van der Waals surface area (Å²) in [5, 5.41) is 11.8. The fourth-order valence-electron chi connectivity index (χ4n) is 10.6. The number of hydrogen-bond acceptors (Lipinski definition) is 6. The summed E-state index contributed by atoms with van der Waals surface area (Å²) < 4.78 is 32.2. The van der Waals surface area contributed by atoms with Gasteiger partial charge in [-0.05, 0) is 44.4 Å². The van der Waals surface area contributed by atoms with Gasteiger partial charge in [0.15, 0.2) is 11.6 Å². The molecule has 4 heterocycles. The van der Waals surface area contributed by atoms with Crippen molar-refractivity contribution in [2.45, 2.75) is 93.6 Å². The van der Waals surface area contributed by atoms with E-state index < -0.39 is 11.6 Å². The molecule has 0 aromatic rings. The minimum Gasteiger partial charge on any atom is -0.392 e. The quantitative estimate of drug-likeness (QED) is 0.669. The molecule has 6 spiro atoms. The number of ether oxygens (including phenoxy) is 5. The van der Waals surface area contributed by atoms with Crippen molar-refractivity contribution in [3.05, 3.63) is 0 Å². The van der Waals surface area contributed by atoms with Crippen LogP contribution in [0.2, 0.25) is 0 Å². The molecule has 29 heavy (non-hydrogen) atoms. The van der Waals surface area contributed by atoms with Crippen molar-refractivity contribution in [2.75, 3.05) is 26.4 Å². The second-order valence-corrected chi connectivity index (χ2v) is 11.7. The third-order valence-electron chi connectivity index (χ3n) is 11.4. The molecule has 8 aliphatic rings. The molecule has 8 fully saturated rings. The Morgan fingerprint density at radius 1 is 0.828 bits per heavy atom. The lowest BCUT2D eigenvalue weighted by molar-refractivity contribution is -0.282. The van der Waals surface area contributed by atoms with Gasteiger partial charge >= 0.3 is 0 Å². The van der Waals surface area contributed by atoms with Gasteiger partial charge in [-0.1, -0.05) is 6.92 Å². The lowest BCUT2D eigenvalue weighted by Gasteiger charge is -2.58. The number of aliphatic hydroxyl groups excluding tert-OH is 1. The summed E-state index contributed by atoms with van der Waals surface area (Å²) in [4.78, 5) is 0. The predicted octanol–water partition coefficient (Wildman–Crippen LogP) is 2.52. The van der Waals surface area contributed by atoms with E-state index in [1.54, 1.807) is 0 Å². The number of aliphatic hydroxyl groups is 1. The molecule has 1 N–H and O–H groups in total. The van der Waals surface area contributed by atoms with E-state index in [1.165, 1.54) is 0 Å². The Morgan fingerprint density at radius 3 is 2.38 bits per heavy atom. The Labute approximate surface area is 171 Å². The molecule has 6 nitrogen and oxygen atoms in total. The van der Waals surface area contributed by atoms with Gasteiger partial charge in [0, 0.05) is 35.5 Å². The van der Waals surface area contributed by atoms with Crippen LogP contribution in [0.3, 0.4) is 0 Å². The lowest BCUT2D eigenvalue weighted by atomic mass is 9.48. The molecule has 8 rings (SSSR count). The van der Waals surface area contributed by atoms with Crippen molar-refractivity contribution in [3.63, 3.8) is 0 Å². The number of rotatable bonds is 0. The SMILES string of the molecule is C[C@]12C[C@H](O)[C@]34C[C@]35CCC3(CC56CCC4(O6)[C@@H]1CCC21OCCO1)OCCO3. The second-order valence-electron chi connectivity index (χ2n) is 11.7. The molecule has 4 saturated carbocycles. The molecule has 4 aliphatic heterocycles. The maximum absolute atomic E-state index is 11.8. The van der Waals surface area contributed by atoms with Crippen LogP contribution in [0.25, 0.3) is 0 Å². The summed E-state index contributed by atoms with van der Waals surface area (Å²) in [6, 6.07) is 0. The molecule has 0 aromatic carbocycles. The van der Waals surface area contributed by atoms with Crippen molar-refractivity contribution < 1.29 is 28.8 Å². The molecule has 2 bridgehead atoms. The van der Waals surface area contributed by atoms with Crippen molar-refractivity contribution >= 4 is 0 Å². The highest BCUT2D eigenvalue weighted by Crippen LogP contribution is 2.94. The normalized spacial score (nSPS) is 62.3. The first-order valence-electron chi connectivity index (χ1n) is 11.9. The fourth-order valence-corrected chi connectivity index (χ4v) is 10.6. The standard InChI is InChI=1S/C23H32O6/c1-17-12-16(24)21-13-18(21)4-6-20(25-8-9-26-20)14-19(18)5-7-22(21,29-19)15(17)2-3-23(17)27-10-11-28-23/h15-16,24H,2-14H2,1H3/t15-,16+,17+,18+,19?,21-,22?/m1/s1. The molecule has 0 amide bonds. The first-order valence-corrected chi connectivity index (χ1v) is 11.9. The zero-order chi connectivity index (χ0) is 19.4. The van der Waals surface area contributed by atoms with Crippen LogP contribution in [-0.4, -0.2) is 60.4 Å². The van der Waals surface area contributed by atoms with Crippen molar-refractivity contribution in [3.8, 4) is 0 Å². The molecule has 0 aromatic heterocycles. The summed E-state index contributed by atoms with van der Waals surface area (Å²) in [5.41, 5.74) is -0.564. The molecule has 4 aliphatic carbocycles. The first kappa shape index (κ1) is 17.3. The van der Waals surface area contributed by atoms with Gasteiger partial charge in [-0.25, -0.2) is 0 Å². The topological polar surface area (TPSA) is 66.4 Å². The highest BCUT2D eigenvalue weighted by atomic mass is 16.7. The largest absolute Gasteiger partial charge is 0.392 e. The van der Waals surface area contributed by atoms with Crippen molar-refractivity contribution in [1.29, 1.82) is 0 Å². The number of fused-ring (bicyclic) bond motifs is 2. The molecule has 160 valence electrons. The third-order valence-corrected chi connectivity index (χ3v) is 11.4. The van der Waals surface area contributed by atoms with Gasteiger partial charge in [-0.2, -0.15) is 0 Å². The van der Waals surface area contributed by atoms with Gasteiger partial charge in [0.2, 0.25) is 0 Å². The van der Waals surface area contributed by atoms with Crippen LogP contribution in [0, 0.1) is 22.2 Å².